The molecule has 5 rings (SSSR count). The number of carbonyl (C=O) groups is 3. The SMILES string of the molecule is COC(=O)[C@@H](Cc1c[nH]c2ccccc12)NC(=O)[C@@H]1CN(C(=O)Nc2ccccc2)CCN1S(=O)(=O)c1ccccc1. The molecule has 218 valence electrons. The molecule has 3 amide bonds. The molecule has 1 aliphatic heterocycles. The standard InChI is InChI=1S/C30H31N5O6S/c1-41-29(37)26(18-21-19-31-25-15-9-8-14-24(21)25)33-28(36)27-20-34(30(38)32-22-10-4-2-5-11-22)16-17-35(27)42(39,40)23-12-6-3-7-13-23/h2-15,19,26-27,31H,16-18,20H2,1H3,(H,32,38)(H,33,36)/t26-,27+/m1/s1. The Hall–Kier alpha value is -4.68. The topological polar surface area (TPSA) is 141 Å². The fraction of sp³-hybridized carbons (Fsp3) is 0.233. The van der Waals surface area contributed by atoms with E-state index in [0.29, 0.717) is 5.69 Å². The van der Waals surface area contributed by atoms with Gasteiger partial charge in [0.1, 0.15) is 12.1 Å². The number of rotatable bonds is 8. The van der Waals surface area contributed by atoms with Gasteiger partial charge in [0.15, 0.2) is 0 Å². The number of nitrogens with one attached hydrogen (secondary N) is 3. The second-order valence-corrected chi connectivity index (χ2v) is 11.7. The number of carbonyl (C=O) groups excluding carboxylic acids is 3. The van der Waals surface area contributed by atoms with Crippen molar-refractivity contribution >= 4 is 44.5 Å². The Morgan fingerprint density at radius 2 is 1.62 bits per heavy atom. The largest absolute Gasteiger partial charge is 0.467 e. The number of fused-ring (bicyclic) bond motifs is 1. The number of benzene rings is 3. The molecular formula is C30H31N5O6S. The predicted octanol–water partition coefficient (Wildman–Crippen LogP) is 2.98. The van der Waals surface area contributed by atoms with Gasteiger partial charge in [0.2, 0.25) is 15.9 Å². The number of H-pyrrole nitrogens is 1. The van der Waals surface area contributed by atoms with Crippen molar-refractivity contribution in [3.05, 3.63) is 96.7 Å². The molecule has 42 heavy (non-hydrogen) atoms. The number of para-hydroxylation sites is 2. The minimum Gasteiger partial charge on any atom is -0.467 e. The van der Waals surface area contributed by atoms with Crippen molar-refractivity contribution in [2.24, 2.45) is 0 Å². The number of amides is 3. The zero-order valence-corrected chi connectivity index (χ0v) is 23.7. The van der Waals surface area contributed by atoms with Crippen LogP contribution < -0.4 is 10.6 Å². The fourth-order valence-electron chi connectivity index (χ4n) is 5.03. The molecule has 4 aromatic rings. The van der Waals surface area contributed by atoms with Crippen LogP contribution in [0.2, 0.25) is 0 Å². The summed E-state index contributed by atoms with van der Waals surface area (Å²) in [6, 6.07) is 21.3. The number of ether oxygens (including phenoxy) is 1. The third-order valence-electron chi connectivity index (χ3n) is 7.20. The number of sulfonamides is 1. The van der Waals surface area contributed by atoms with E-state index in [4.69, 9.17) is 4.74 Å². The molecule has 3 aromatic carbocycles. The number of aromatic nitrogens is 1. The van der Waals surface area contributed by atoms with Crippen molar-refractivity contribution in [3.63, 3.8) is 0 Å². The lowest BCUT2D eigenvalue weighted by Crippen LogP contribution is -2.63. The Kier molecular flexibility index (Phi) is 8.55. The average Bonchev–Trinajstić information content (AvgIpc) is 3.43. The fourth-order valence-corrected chi connectivity index (χ4v) is 6.62. The van der Waals surface area contributed by atoms with E-state index in [1.807, 2.05) is 30.3 Å². The van der Waals surface area contributed by atoms with Crippen molar-refractivity contribution in [2.75, 3.05) is 32.1 Å². The zero-order chi connectivity index (χ0) is 29.7. The summed E-state index contributed by atoms with van der Waals surface area (Å²) in [4.78, 5) is 44.3. The molecular weight excluding hydrogens is 558 g/mol. The van der Waals surface area contributed by atoms with Crippen LogP contribution in [0, 0.1) is 0 Å². The first-order valence-corrected chi connectivity index (χ1v) is 14.8. The molecule has 11 nitrogen and oxygen atoms in total. The second-order valence-electron chi connectivity index (χ2n) is 9.83. The zero-order valence-electron chi connectivity index (χ0n) is 22.9. The predicted molar refractivity (Wildman–Crippen MR) is 157 cm³/mol. The minimum atomic E-state index is -4.11. The van der Waals surface area contributed by atoms with Crippen LogP contribution in [-0.2, 0) is 30.8 Å². The molecule has 1 aromatic heterocycles. The van der Waals surface area contributed by atoms with Crippen molar-refractivity contribution in [1.82, 2.24) is 19.5 Å². The molecule has 2 atom stereocenters. The number of methoxy groups -OCH3 is 1. The molecule has 0 bridgehead atoms. The van der Waals surface area contributed by atoms with Crippen molar-refractivity contribution in [1.29, 1.82) is 0 Å². The maximum atomic E-state index is 13.8. The van der Waals surface area contributed by atoms with Crippen LogP contribution in [0.3, 0.4) is 0 Å². The van der Waals surface area contributed by atoms with Gasteiger partial charge in [-0.25, -0.2) is 18.0 Å². The molecule has 1 fully saturated rings. The van der Waals surface area contributed by atoms with E-state index in [9.17, 15) is 22.8 Å². The van der Waals surface area contributed by atoms with Gasteiger partial charge in [-0.2, -0.15) is 4.31 Å². The maximum Gasteiger partial charge on any atom is 0.328 e. The first-order chi connectivity index (χ1) is 20.3. The van der Waals surface area contributed by atoms with Gasteiger partial charge in [0, 0.05) is 48.8 Å². The van der Waals surface area contributed by atoms with E-state index in [1.54, 1.807) is 48.7 Å². The molecule has 1 saturated heterocycles. The Morgan fingerprint density at radius 3 is 2.33 bits per heavy atom. The normalized spacial score (nSPS) is 16.5. The van der Waals surface area contributed by atoms with Crippen molar-refractivity contribution in [3.8, 4) is 0 Å². The van der Waals surface area contributed by atoms with Gasteiger partial charge in [-0.1, -0.05) is 54.6 Å². The van der Waals surface area contributed by atoms with E-state index in [1.165, 1.54) is 24.1 Å². The van der Waals surface area contributed by atoms with Crippen LogP contribution >= 0.6 is 0 Å². The van der Waals surface area contributed by atoms with E-state index >= 15 is 0 Å². The summed E-state index contributed by atoms with van der Waals surface area (Å²) in [6.07, 6.45) is 1.87. The minimum absolute atomic E-state index is 0.0216. The molecule has 0 radical (unpaired) electrons. The van der Waals surface area contributed by atoms with Gasteiger partial charge < -0.3 is 25.3 Å². The van der Waals surface area contributed by atoms with Crippen LogP contribution in [0.5, 0.6) is 0 Å². The van der Waals surface area contributed by atoms with Crippen LogP contribution in [0.1, 0.15) is 5.56 Å². The molecule has 2 heterocycles. The van der Waals surface area contributed by atoms with Gasteiger partial charge in [0.25, 0.3) is 0 Å². The lowest BCUT2D eigenvalue weighted by Gasteiger charge is -2.39. The monoisotopic (exact) mass is 589 g/mol. The van der Waals surface area contributed by atoms with E-state index in [-0.39, 0.29) is 31.0 Å². The highest BCUT2D eigenvalue weighted by molar-refractivity contribution is 7.89. The number of hydrogen-bond donors (Lipinski definition) is 3. The van der Waals surface area contributed by atoms with Crippen LogP contribution in [-0.4, -0.2) is 79.3 Å². The van der Waals surface area contributed by atoms with Gasteiger partial charge in [0.05, 0.1) is 12.0 Å². The second kappa shape index (κ2) is 12.5. The lowest BCUT2D eigenvalue weighted by atomic mass is 10.0. The number of piperazine rings is 1. The third kappa shape index (κ3) is 6.14. The third-order valence-corrected chi connectivity index (χ3v) is 9.12. The summed E-state index contributed by atoms with van der Waals surface area (Å²) >= 11 is 0. The van der Waals surface area contributed by atoms with Crippen molar-refractivity contribution < 1.29 is 27.5 Å². The molecule has 0 unspecified atom stereocenters. The number of aromatic amines is 1. The Bertz CT molecular complexity index is 1680. The molecule has 0 aliphatic carbocycles. The Morgan fingerprint density at radius 1 is 0.952 bits per heavy atom. The average molecular weight is 590 g/mol. The number of nitrogens with zero attached hydrogens (tertiary/aromatic N) is 2. The highest BCUT2D eigenvalue weighted by atomic mass is 32.2. The smallest absolute Gasteiger partial charge is 0.328 e. The number of urea groups is 1. The number of esters is 1. The molecule has 1 aliphatic rings. The van der Waals surface area contributed by atoms with E-state index in [0.717, 1.165) is 20.8 Å². The first kappa shape index (κ1) is 28.8. The quantitative estimate of drug-likeness (QED) is 0.270. The highest BCUT2D eigenvalue weighted by Crippen LogP contribution is 2.24. The highest BCUT2D eigenvalue weighted by Gasteiger charge is 2.42. The van der Waals surface area contributed by atoms with Gasteiger partial charge in [-0.15, -0.1) is 0 Å². The van der Waals surface area contributed by atoms with Gasteiger partial charge in [-0.05, 0) is 35.9 Å². The molecule has 3 N–H and O–H groups in total. The van der Waals surface area contributed by atoms with Crippen LogP contribution in [0.25, 0.3) is 10.9 Å². The molecule has 0 saturated carbocycles. The summed E-state index contributed by atoms with van der Waals surface area (Å²) in [5.41, 5.74) is 2.21. The number of anilines is 1. The maximum absolute atomic E-state index is 13.8. The van der Waals surface area contributed by atoms with E-state index < -0.39 is 40.0 Å². The van der Waals surface area contributed by atoms with Crippen molar-refractivity contribution in [2.45, 2.75) is 23.4 Å². The lowest BCUT2D eigenvalue weighted by molar-refractivity contribution is -0.145. The Labute approximate surface area is 243 Å². The van der Waals surface area contributed by atoms with Gasteiger partial charge in [-0.3, -0.25) is 4.79 Å². The van der Waals surface area contributed by atoms with Crippen LogP contribution in [0.4, 0.5) is 10.5 Å². The summed E-state index contributed by atoms with van der Waals surface area (Å²) in [5, 5.41) is 6.38. The molecule has 12 heteroatoms. The van der Waals surface area contributed by atoms with Crippen LogP contribution in [0.15, 0.2) is 96.0 Å². The van der Waals surface area contributed by atoms with E-state index in [2.05, 4.69) is 15.6 Å². The first-order valence-electron chi connectivity index (χ1n) is 13.4. The summed E-state index contributed by atoms with van der Waals surface area (Å²) < 4.78 is 33.4. The Balaban J connectivity index is 1.42. The number of hydrogen-bond acceptors (Lipinski definition) is 6. The summed E-state index contributed by atoms with van der Waals surface area (Å²) in [6.45, 7) is -0.287. The summed E-state index contributed by atoms with van der Waals surface area (Å²) in [7, 11) is -2.89. The molecule has 0 spiro atoms. The summed E-state index contributed by atoms with van der Waals surface area (Å²) in [5.74, 6) is -1.40. The van der Waals surface area contributed by atoms with Gasteiger partial charge >= 0.3 is 12.0 Å².